The molecule has 3 aromatic rings. The summed E-state index contributed by atoms with van der Waals surface area (Å²) in [7, 11) is 4.06. The fourth-order valence-electron chi connectivity index (χ4n) is 4.17. The molecular formula is C26H31N5. The summed E-state index contributed by atoms with van der Waals surface area (Å²) in [5.74, 6) is 8.83. The molecule has 0 bridgehead atoms. The van der Waals surface area contributed by atoms with Crippen LogP contribution in [0, 0.1) is 17.8 Å². The Hall–Kier alpha value is -3.10. The van der Waals surface area contributed by atoms with Crippen LogP contribution in [0.2, 0.25) is 0 Å². The van der Waals surface area contributed by atoms with Gasteiger partial charge in [0.25, 0.3) is 0 Å². The van der Waals surface area contributed by atoms with E-state index in [9.17, 15) is 0 Å². The number of benzene rings is 2. The van der Waals surface area contributed by atoms with Crippen molar-refractivity contribution in [3.63, 3.8) is 0 Å². The molecule has 0 aliphatic heterocycles. The molecule has 1 heterocycles. The summed E-state index contributed by atoms with van der Waals surface area (Å²) in [6.45, 7) is 1.78. The third kappa shape index (κ3) is 5.74. The average Bonchev–Trinajstić information content (AvgIpc) is 2.80. The summed E-state index contributed by atoms with van der Waals surface area (Å²) in [6, 6.07) is 18.8. The smallest absolute Gasteiger partial charge is 0.225 e. The predicted molar refractivity (Wildman–Crippen MR) is 129 cm³/mol. The van der Waals surface area contributed by atoms with Crippen molar-refractivity contribution < 1.29 is 0 Å². The largest absolute Gasteiger partial charge is 0.362 e. The van der Waals surface area contributed by atoms with Crippen molar-refractivity contribution in [1.82, 2.24) is 15.3 Å². The van der Waals surface area contributed by atoms with E-state index in [0.717, 1.165) is 54.2 Å². The number of anilines is 2. The van der Waals surface area contributed by atoms with Gasteiger partial charge in [0, 0.05) is 31.1 Å². The third-order valence-electron chi connectivity index (χ3n) is 5.84. The number of hydrogen-bond acceptors (Lipinski definition) is 5. The number of para-hydroxylation sites is 1. The molecule has 5 nitrogen and oxygen atoms in total. The quantitative estimate of drug-likeness (QED) is 0.466. The van der Waals surface area contributed by atoms with Gasteiger partial charge < -0.3 is 15.5 Å². The van der Waals surface area contributed by atoms with E-state index in [1.165, 1.54) is 12.8 Å². The van der Waals surface area contributed by atoms with Gasteiger partial charge in [0.2, 0.25) is 5.95 Å². The van der Waals surface area contributed by atoms with Crippen molar-refractivity contribution in [1.29, 1.82) is 0 Å². The Kier molecular flexibility index (Phi) is 7.01. The summed E-state index contributed by atoms with van der Waals surface area (Å²) in [5, 5.41) is 8.18. The van der Waals surface area contributed by atoms with Gasteiger partial charge in [-0.1, -0.05) is 42.2 Å². The van der Waals surface area contributed by atoms with E-state index in [-0.39, 0.29) is 0 Å². The minimum Gasteiger partial charge on any atom is -0.362 e. The van der Waals surface area contributed by atoms with Crippen molar-refractivity contribution >= 4 is 22.7 Å². The maximum Gasteiger partial charge on any atom is 0.225 e. The molecule has 0 unspecified atom stereocenters. The molecular weight excluding hydrogens is 382 g/mol. The molecule has 0 radical (unpaired) electrons. The van der Waals surface area contributed by atoms with E-state index >= 15 is 0 Å². The summed E-state index contributed by atoms with van der Waals surface area (Å²) < 4.78 is 0. The second-order valence-electron chi connectivity index (χ2n) is 8.44. The first kappa shape index (κ1) is 21.1. The molecule has 0 amide bonds. The number of rotatable bonds is 6. The van der Waals surface area contributed by atoms with Crippen molar-refractivity contribution in [2.45, 2.75) is 31.7 Å². The molecule has 0 saturated heterocycles. The minimum absolute atomic E-state index is 0.435. The molecule has 0 spiro atoms. The fourth-order valence-corrected chi connectivity index (χ4v) is 4.17. The molecule has 1 aliphatic rings. The van der Waals surface area contributed by atoms with Crippen molar-refractivity contribution in [3.8, 4) is 11.8 Å². The third-order valence-corrected chi connectivity index (χ3v) is 5.84. The van der Waals surface area contributed by atoms with Gasteiger partial charge in [0.15, 0.2) is 0 Å². The van der Waals surface area contributed by atoms with E-state index in [1.807, 2.05) is 56.6 Å². The van der Waals surface area contributed by atoms with Gasteiger partial charge in [-0.15, -0.1) is 0 Å². The molecule has 160 valence electrons. The summed E-state index contributed by atoms with van der Waals surface area (Å²) in [6.07, 6.45) is 4.72. The Bertz CT molecular complexity index is 1040. The summed E-state index contributed by atoms with van der Waals surface area (Å²) in [4.78, 5) is 11.6. The molecule has 2 N–H and O–H groups in total. The first-order valence-corrected chi connectivity index (χ1v) is 11.1. The van der Waals surface area contributed by atoms with E-state index in [4.69, 9.17) is 9.97 Å². The van der Waals surface area contributed by atoms with E-state index in [1.54, 1.807) is 0 Å². The Morgan fingerprint density at radius 1 is 0.935 bits per heavy atom. The Balaban J connectivity index is 1.25. The highest BCUT2D eigenvalue weighted by molar-refractivity contribution is 5.90. The molecule has 0 atom stereocenters. The van der Waals surface area contributed by atoms with Crippen molar-refractivity contribution in [2.75, 3.05) is 37.4 Å². The Morgan fingerprint density at radius 3 is 2.45 bits per heavy atom. The molecule has 5 heteroatoms. The lowest BCUT2D eigenvalue weighted by atomic mass is 9.86. The highest BCUT2D eigenvalue weighted by Crippen LogP contribution is 2.28. The number of hydrogen-bond donors (Lipinski definition) is 2. The molecule has 2 aromatic carbocycles. The van der Waals surface area contributed by atoms with Crippen molar-refractivity contribution in [2.24, 2.45) is 5.92 Å². The van der Waals surface area contributed by atoms with Crippen molar-refractivity contribution in [3.05, 3.63) is 60.2 Å². The zero-order chi connectivity index (χ0) is 21.5. The fraction of sp³-hybridized carbons (Fsp3) is 0.385. The molecule has 1 aliphatic carbocycles. The van der Waals surface area contributed by atoms with Crippen LogP contribution in [-0.4, -0.2) is 43.2 Å². The number of nitrogens with one attached hydrogen (secondary N) is 2. The van der Waals surface area contributed by atoms with Crippen LogP contribution in [0.25, 0.3) is 10.9 Å². The van der Waals surface area contributed by atoms with Crippen LogP contribution in [0.3, 0.4) is 0 Å². The van der Waals surface area contributed by atoms with Crippen LogP contribution >= 0.6 is 0 Å². The van der Waals surface area contributed by atoms with E-state index in [2.05, 4.69) is 39.5 Å². The first-order chi connectivity index (χ1) is 15.2. The number of aromatic nitrogens is 2. The highest BCUT2D eigenvalue weighted by Gasteiger charge is 2.22. The SMILES string of the molecule is CN(C)c1nc(N[C@H]2CC[C@@H](CNCC#Cc3ccccc3)CC2)nc2ccccc12. The second kappa shape index (κ2) is 10.3. The van der Waals surface area contributed by atoms with Gasteiger partial charge >= 0.3 is 0 Å². The van der Waals surface area contributed by atoms with Crippen LogP contribution < -0.4 is 15.5 Å². The zero-order valence-corrected chi connectivity index (χ0v) is 18.4. The Morgan fingerprint density at radius 2 is 1.68 bits per heavy atom. The van der Waals surface area contributed by atoms with Gasteiger partial charge in [-0.2, -0.15) is 4.98 Å². The lowest BCUT2D eigenvalue weighted by Gasteiger charge is -2.29. The lowest BCUT2D eigenvalue weighted by molar-refractivity contribution is 0.328. The highest BCUT2D eigenvalue weighted by atomic mass is 15.2. The first-order valence-electron chi connectivity index (χ1n) is 11.1. The lowest BCUT2D eigenvalue weighted by Crippen LogP contribution is -2.32. The van der Waals surface area contributed by atoms with Gasteiger partial charge in [-0.05, 0) is 62.4 Å². The summed E-state index contributed by atoms with van der Waals surface area (Å²) >= 11 is 0. The van der Waals surface area contributed by atoms with Gasteiger partial charge in [-0.3, -0.25) is 0 Å². The number of fused-ring (bicyclic) bond motifs is 1. The normalized spacial score (nSPS) is 18.3. The average molecular weight is 414 g/mol. The van der Waals surface area contributed by atoms with Crippen LogP contribution in [-0.2, 0) is 0 Å². The molecule has 1 aromatic heterocycles. The van der Waals surface area contributed by atoms with Crippen LogP contribution in [0.4, 0.5) is 11.8 Å². The van der Waals surface area contributed by atoms with Gasteiger partial charge in [0.1, 0.15) is 5.82 Å². The zero-order valence-electron chi connectivity index (χ0n) is 18.4. The van der Waals surface area contributed by atoms with E-state index in [0.29, 0.717) is 12.0 Å². The van der Waals surface area contributed by atoms with Crippen LogP contribution in [0.5, 0.6) is 0 Å². The molecule has 1 fully saturated rings. The number of nitrogens with zero attached hydrogens (tertiary/aromatic N) is 3. The van der Waals surface area contributed by atoms with Crippen LogP contribution in [0.15, 0.2) is 54.6 Å². The Labute approximate surface area is 185 Å². The second-order valence-corrected chi connectivity index (χ2v) is 8.44. The van der Waals surface area contributed by atoms with Gasteiger partial charge in [-0.25, -0.2) is 4.98 Å². The summed E-state index contributed by atoms with van der Waals surface area (Å²) in [5.41, 5.74) is 2.06. The van der Waals surface area contributed by atoms with Crippen LogP contribution in [0.1, 0.15) is 31.2 Å². The monoisotopic (exact) mass is 413 g/mol. The van der Waals surface area contributed by atoms with E-state index < -0.39 is 0 Å². The standard InChI is InChI=1S/C26H31N5/c1-31(2)25-23-12-6-7-13-24(23)29-26(30-25)28-22-16-14-21(15-17-22)19-27-18-8-11-20-9-4-3-5-10-20/h3-7,9-10,12-13,21-22,27H,14-19H2,1-2H3,(H,28,29,30)/t21-,22+. The van der Waals surface area contributed by atoms with Gasteiger partial charge in [0.05, 0.1) is 12.1 Å². The topological polar surface area (TPSA) is 53.1 Å². The predicted octanol–water partition coefficient (Wildman–Crippen LogP) is 4.31. The maximum atomic E-state index is 4.78. The molecule has 4 rings (SSSR count). The minimum atomic E-state index is 0.435. The molecule has 31 heavy (non-hydrogen) atoms. The molecule has 1 saturated carbocycles. The maximum absolute atomic E-state index is 4.78.